The number of rotatable bonds is 4. The molecule has 0 aromatic carbocycles. The van der Waals surface area contributed by atoms with Gasteiger partial charge in [-0.15, -0.1) is 0 Å². The molecule has 2 aromatic rings. The third-order valence-corrected chi connectivity index (χ3v) is 2.75. The second kappa shape index (κ2) is 4.91. The third-order valence-electron chi connectivity index (χ3n) is 2.75. The maximum absolute atomic E-state index is 11.3. The van der Waals surface area contributed by atoms with Crippen molar-refractivity contribution < 1.29 is 9.53 Å². The second-order valence-corrected chi connectivity index (χ2v) is 3.87. The number of nitrogens with zero attached hydrogens (tertiary/aromatic N) is 4. The molecule has 2 aromatic heterocycles. The first-order valence-electron chi connectivity index (χ1n) is 5.48. The highest BCUT2D eigenvalue weighted by Crippen LogP contribution is 2.12. The topological polar surface area (TPSA) is 88.0 Å². The number of nitrogen functional groups attached to an aromatic ring is 1. The molecule has 2 N–H and O–H groups in total. The van der Waals surface area contributed by atoms with Crippen LogP contribution >= 0.6 is 0 Å². The Kier molecular flexibility index (Phi) is 3.31. The largest absolute Gasteiger partial charge is 0.464 e. The van der Waals surface area contributed by atoms with Crippen molar-refractivity contribution in [2.45, 2.75) is 13.0 Å². The van der Waals surface area contributed by atoms with Crippen LogP contribution in [0.2, 0.25) is 0 Å². The predicted octanol–water partition coefficient (Wildman–Crippen LogP) is 0.228. The minimum absolute atomic E-state index is 0.150. The maximum atomic E-state index is 11.3. The van der Waals surface area contributed by atoms with Gasteiger partial charge in [-0.25, -0.2) is 14.8 Å². The lowest BCUT2D eigenvalue weighted by Gasteiger charge is -2.05. The summed E-state index contributed by atoms with van der Waals surface area (Å²) < 4.78 is 8.24. The Morgan fingerprint density at radius 3 is 2.89 bits per heavy atom. The molecule has 0 atom stereocenters. The molecule has 0 spiro atoms. The van der Waals surface area contributed by atoms with E-state index >= 15 is 0 Å². The molecule has 0 aliphatic heterocycles. The number of esters is 1. The highest BCUT2D eigenvalue weighted by molar-refractivity contribution is 5.91. The molecule has 0 unspecified atom stereocenters. The summed E-state index contributed by atoms with van der Waals surface area (Å²) in [5.74, 6) is 0.738. The molecule has 0 saturated carbocycles. The molecule has 0 aliphatic carbocycles. The molecule has 0 bridgehead atoms. The number of carbonyl (C=O) groups excluding carboxylic acids is 1. The average molecular weight is 249 g/mol. The number of aromatic nitrogens is 4. The van der Waals surface area contributed by atoms with Gasteiger partial charge in [0, 0.05) is 32.4 Å². The van der Waals surface area contributed by atoms with Gasteiger partial charge in [0.25, 0.3) is 0 Å². The monoisotopic (exact) mass is 249 g/mol. The normalized spacial score (nSPS) is 10.6. The standard InChI is InChI=1S/C11H15N5O2/c1-15-6-4-13-8(15)3-5-16-7-14-9(10(16)12)11(17)18-2/h4,6-7H,3,5,12H2,1-2H3. The van der Waals surface area contributed by atoms with Crippen molar-refractivity contribution in [1.82, 2.24) is 19.1 Å². The fourth-order valence-corrected chi connectivity index (χ4v) is 1.68. The van der Waals surface area contributed by atoms with Crippen molar-refractivity contribution in [2.24, 2.45) is 7.05 Å². The van der Waals surface area contributed by atoms with Crippen molar-refractivity contribution >= 4 is 11.8 Å². The van der Waals surface area contributed by atoms with Gasteiger partial charge in [0.1, 0.15) is 11.6 Å². The number of hydrogen-bond donors (Lipinski definition) is 1. The molecular weight excluding hydrogens is 234 g/mol. The first-order chi connectivity index (χ1) is 8.63. The van der Waals surface area contributed by atoms with Crippen LogP contribution in [0.5, 0.6) is 0 Å². The van der Waals surface area contributed by atoms with Crippen molar-refractivity contribution in [1.29, 1.82) is 0 Å². The molecule has 7 heteroatoms. The molecule has 0 aliphatic rings. The molecule has 0 radical (unpaired) electrons. The number of ether oxygens (including phenoxy) is 1. The van der Waals surface area contributed by atoms with Crippen LogP contribution in [0.3, 0.4) is 0 Å². The van der Waals surface area contributed by atoms with E-state index in [9.17, 15) is 4.79 Å². The summed E-state index contributed by atoms with van der Waals surface area (Å²) in [6, 6.07) is 0. The van der Waals surface area contributed by atoms with Crippen molar-refractivity contribution in [3.8, 4) is 0 Å². The first kappa shape index (κ1) is 12.2. The van der Waals surface area contributed by atoms with Crippen LogP contribution in [0, 0.1) is 0 Å². The molecule has 96 valence electrons. The number of hydrogen-bond acceptors (Lipinski definition) is 5. The zero-order valence-electron chi connectivity index (χ0n) is 10.3. The summed E-state index contributed by atoms with van der Waals surface area (Å²) in [6.45, 7) is 0.612. The summed E-state index contributed by atoms with van der Waals surface area (Å²) in [4.78, 5) is 19.5. The number of imidazole rings is 2. The van der Waals surface area contributed by atoms with E-state index in [1.807, 2.05) is 17.8 Å². The Morgan fingerprint density at radius 1 is 1.50 bits per heavy atom. The molecule has 0 saturated heterocycles. The zero-order chi connectivity index (χ0) is 13.1. The average Bonchev–Trinajstić information content (AvgIpc) is 2.93. The van der Waals surface area contributed by atoms with Gasteiger partial charge < -0.3 is 19.6 Å². The van der Waals surface area contributed by atoms with Gasteiger partial charge in [-0.1, -0.05) is 0 Å². The van der Waals surface area contributed by atoms with Crippen molar-refractivity contribution in [3.05, 3.63) is 30.2 Å². The van der Waals surface area contributed by atoms with Gasteiger partial charge in [-0.05, 0) is 0 Å². The van der Waals surface area contributed by atoms with E-state index < -0.39 is 5.97 Å². The Hall–Kier alpha value is -2.31. The van der Waals surface area contributed by atoms with Crippen LogP contribution < -0.4 is 5.73 Å². The zero-order valence-corrected chi connectivity index (χ0v) is 10.3. The number of aryl methyl sites for hydroxylation is 3. The Labute approximate surface area is 104 Å². The fourth-order valence-electron chi connectivity index (χ4n) is 1.68. The number of methoxy groups -OCH3 is 1. The lowest BCUT2D eigenvalue weighted by molar-refractivity contribution is 0.0596. The number of carbonyl (C=O) groups is 1. The molecule has 2 rings (SSSR count). The van der Waals surface area contributed by atoms with Gasteiger partial charge in [0.15, 0.2) is 5.69 Å². The number of nitrogens with two attached hydrogens (primary N) is 1. The summed E-state index contributed by atoms with van der Waals surface area (Å²) >= 11 is 0. The van der Waals surface area contributed by atoms with E-state index in [1.54, 1.807) is 10.8 Å². The lowest BCUT2D eigenvalue weighted by atomic mass is 10.4. The van der Waals surface area contributed by atoms with Crippen molar-refractivity contribution in [2.75, 3.05) is 12.8 Å². The van der Waals surface area contributed by atoms with Crippen LogP contribution in [0.1, 0.15) is 16.3 Å². The van der Waals surface area contributed by atoms with Gasteiger partial charge in [-0.3, -0.25) is 0 Å². The van der Waals surface area contributed by atoms with Crippen LogP contribution in [-0.4, -0.2) is 32.2 Å². The molecule has 0 amide bonds. The van der Waals surface area contributed by atoms with E-state index in [-0.39, 0.29) is 5.69 Å². The van der Waals surface area contributed by atoms with Gasteiger partial charge in [-0.2, -0.15) is 0 Å². The Bertz CT molecular complexity index is 558. The smallest absolute Gasteiger partial charge is 0.360 e. The molecule has 0 fully saturated rings. The predicted molar refractivity (Wildman–Crippen MR) is 64.9 cm³/mol. The van der Waals surface area contributed by atoms with E-state index in [2.05, 4.69) is 14.7 Å². The SMILES string of the molecule is COC(=O)c1ncn(CCc2nccn2C)c1N. The minimum Gasteiger partial charge on any atom is -0.464 e. The van der Waals surface area contributed by atoms with Crippen LogP contribution in [0.25, 0.3) is 0 Å². The fraction of sp³-hybridized carbons (Fsp3) is 0.364. The second-order valence-electron chi connectivity index (χ2n) is 3.87. The van der Waals surface area contributed by atoms with Gasteiger partial charge in [0.2, 0.25) is 0 Å². The highest BCUT2D eigenvalue weighted by atomic mass is 16.5. The first-order valence-corrected chi connectivity index (χ1v) is 5.48. The van der Waals surface area contributed by atoms with E-state index in [1.165, 1.54) is 13.4 Å². The van der Waals surface area contributed by atoms with E-state index in [0.29, 0.717) is 18.8 Å². The summed E-state index contributed by atoms with van der Waals surface area (Å²) in [5, 5.41) is 0. The van der Waals surface area contributed by atoms with E-state index in [0.717, 1.165) is 5.82 Å². The molecule has 2 heterocycles. The Balaban J connectivity index is 2.09. The Morgan fingerprint density at radius 2 is 2.28 bits per heavy atom. The van der Waals surface area contributed by atoms with E-state index in [4.69, 9.17) is 5.73 Å². The summed E-state index contributed by atoms with van der Waals surface area (Å²) in [7, 11) is 3.23. The highest BCUT2D eigenvalue weighted by Gasteiger charge is 2.16. The quantitative estimate of drug-likeness (QED) is 0.783. The number of anilines is 1. The molecule has 18 heavy (non-hydrogen) atoms. The van der Waals surface area contributed by atoms with Crippen molar-refractivity contribution in [3.63, 3.8) is 0 Å². The maximum Gasteiger partial charge on any atom is 0.360 e. The minimum atomic E-state index is -0.525. The van der Waals surface area contributed by atoms with Gasteiger partial charge in [0.05, 0.1) is 13.4 Å². The third kappa shape index (κ3) is 2.20. The van der Waals surface area contributed by atoms with Crippen LogP contribution in [0.4, 0.5) is 5.82 Å². The van der Waals surface area contributed by atoms with Gasteiger partial charge >= 0.3 is 5.97 Å². The summed E-state index contributed by atoms with van der Waals surface area (Å²) in [5.41, 5.74) is 5.98. The molecular formula is C11H15N5O2. The summed E-state index contributed by atoms with van der Waals surface area (Å²) in [6.07, 6.45) is 5.87. The molecule has 7 nitrogen and oxygen atoms in total. The lowest BCUT2D eigenvalue weighted by Crippen LogP contribution is -2.10. The van der Waals surface area contributed by atoms with Crippen LogP contribution in [0.15, 0.2) is 18.7 Å². The van der Waals surface area contributed by atoms with Crippen LogP contribution in [-0.2, 0) is 24.8 Å².